The van der Waals surface area contributed by atoms with Crippen molar-refractivity contribution in [2.24, 2.45) is 0 Å². The predicted octanol–water partition coefficient (Wildman–Crippen LogP) is 2.13. The fourth-order valence-corrected chi connectivity index (χ4v) is 4.06. The van der Waals surface area contributed by atoms with Crippen LogP contribution in [0.2, 0.25) is 0 Å². The molecule has 1 saturated heterocycles. The van der Waals surface area contributed by atoms with Crippen LogP contribution >= 0.6 is 0 Å². The van der Waals surface area contributed by atoms with Crippen molar-refractivity contribution in [2.45, 2.75) is 12.1 Å². The number of methoxy groups -OCH3 is 1. The standard InChI is InChI=1S/C22H20N4O4/c1-29-17-6-7-19-15(9-17)11-26(13-30-19)12-22(20(27)24-21(28)25-22)16-5-4-14-3-2-8-23-18(14)10-16/h2-10H,11-13H2,1H3,(H2,24,25,27,28). The molecule has 8 nitrogen and oxygen atoms in total. The number of nitrogens with zero attached hydrogens (tertiary/aromatic N) is 2. The van der Waals surface area contributed by atoms with Gasteiger partial charge in [0.1, 0.15) is 18.2 Å². The molecule has 1 atom stereocenters. The largest absolute Gasteiger partial charge is 0.497 e. The van der Waals surface area contributed by atoms with Crippen LogP contribution in [0.4, 0.5) is 4.79 Å². The van der Waals surface area contributed by atoms with Gasteiger partial charge in [0.25, 0.3) is 5.91 Å². The summed E-state index contributed by atoms with van der Waals surface area (Å²) in [7, 11) is 1.62. The second kappa shape index (κ2) is 7.00. The Morgan fingerprint density at radius 2 is 2.10 bits per heavy atom. The number of aromatic nitrogens is 1. The molecule has 0 aliphatic carbocycles. The predicted molar refractivity (Wildman–Crippen MR) is 109 cm³/mol. The number of benzene rings is 2. The van der Waals surface area contributed by atoms with Crippen molar-refractivity contribution < 1.29 is 19.1 Å². The Morgan fingerprint density at radius 3 is 2.90 bits per heavy atom. The molecule has 0 saturated carbocycles. The number of pyridine rings is 1. The lowest BCUT2D eigenvalue weighted by atomic mass is 9.88. The Morgan fingerprint density at radius 1 is 1.20 bits per heavy atom. The number of rotatable bonds is 4. The Labute approximate surface area is 172 Å². The normalized spacial score (nSPS) is 21.0. The van der Waals surface area contributed by atoms with Crippen molar-refractivity contribution in [1.29, 1.82) is 0 Å². The smallest absolute Gasteiger partial charge is 0.322 e. The molecule has 3 aromatic rings. The second-order valence-corrected chi connectivity index (χ2v) is 7.46. The van der Waals surface area contributed by atoms with Gasteiger partial charge < -0.3 is 14.8 Å². The van der Waals surface area contributed by atoms with Gasteiger partial charge in [-0.1, -0.05) is 18.2 Å². The quantitative estimate of drug-likeness (QED) is 0.647. The average molecular weight is 404 g/mol. The molecule has 1 unspecified atom stereocenters. The van der Waals surface area contributed by atoms with Gasteiger partial charge in [0.15, 0.2) is 5.54 Å². The van der Waals surface area contributed by atoms with E-state index in [1.807, 2.05) is 53.4 Å². The van der Waals surface area contributed by atoms with E-state index in [0.29, 0.717) is 18.8 Å². The maximum Gasteiger partial charge on any atom is 0.322 e. The van der Waals surface area contributed by atoms with E-state index in [9.17, 15) is 9.59 Å². The summed E-state index contributed by atoms with van der Waals surface area (Å²) in [6.45, 7) is 1.11. The lowest BCUT2D eigenvalue weighted by Gasteiger charge is -2.36. The number of nitrogens with one attached hydrogen (secondary N) is 2. The minimum Gasteiger partial charge on any atom is -0.497 e. The van der Waals surface area contributed by atoms with Crippen LogP contribution in [0.15, 0.2) is 54.7 Å². The van der Waals surface area contributed by atoms with E-state index in [2.05, 4.69) is 15.6 Å². The number of hydrogen-bond acceptors (Lipinski definition) is 6. The van der Waals surface area contributed by atoms with Gasteiger partial charge in [-0.15, -0.1) is 0 Å². The molecule has 1 aromatic heterocycles. The SMILES string of the molecule is COc1ccc2c(c1)CN(CC1(c3ccc4cccnc4c3)NC(=O)NC1=O)CO2. The third kappa shape index (κ3) is 3.02. The van der Waals surface area contributed by atoms with Crippen molar-refractivity contribution >= 4 is 22.8 Å². The van der Waals surface area contributed by atoms with Crippen LogP contribution in [0.3, 0.4) is 0 Å². The molecule has 2 aliphatic rings. The summed E-state index contributed by atoms with van der Waals surface area (Å²) in [5.41, 5.74) is 1.16. The lowest BCUT2D eigenvalue weighted by Crippen LogP contribution is -2.53. The Balaban J connectivity index is 1.50. The summed E-state index contributed by atoms with van der Waals surface area (Å²) in [6, 6.07) is 14.6. The molecule has 0 spiro atoms. The van der Waals surface area contributed by atoms with E-state index in [1.54, 1.807) is 13.3 Å². The molecule has 8 heteroatoms. The van der Waals surface area contributed by atoms with Crippen LogP contribution in [0.1, 0.15) is 11.1 Å². The van der Waals surface area contributed by atoms with Gasteiger partial charge >= 0.3 is 6.03 Å². The fourth-order valence-electron chi connectivity index (χ4n) is 4.06. The van der Waals surface area contributed by atoms with E-state index < -0.39 is 11.6 Å². The van der Waals surface area contributed by atoms with E-state index >= 15 is 0 Å². The molecule has 2 aliphatic heterocycles. The molecule has 0 radical (unpaired) electrons. The third-order valence-electron chi connectivity index (χ3n) is 5.57. The molecule has 3 amide bonds. The van der Waals surface area contributed by atoms with E-state index in [0.717, 1.165) is 28.0 Å². The fraction of sp³-hybridized carbons (Fsp3) is 0.227. The lowest BCUT2D eigenvalue weighted by molar-refractivity contribution is -0.125. The molecular weight excluding hydrogens is 384 g/mol. The Kier molecular flexibility index (Phi) is 4.29. The van der Waals surface area contributed by atoms with Gasteiger partial charge in [-0.05, 0) is 35.9 Å². The zero-order valence-corrected chi connectivity index (χ0v) is 16.3. The minimum absolute atomic E-state index is 0.250. The molecular formula is C22H20N4O4. The molecule has 3 heterocycles. The number of carbonyl (C=O) groups excluding carboxylic acids is 2. The monoisotopic (exact) mass is 404 g/mol. The van der Waals surface area contributed by atoms with Crippen LogP contribution in [-0.4, -0.2) is 42.2 Å². The highest BCUT2D eigenvalue weighted by molar-refractivity contribution is 6.08. The molecule has 2 aromatic carbocycles. The summed E-state index contributed by atoms with van der Waals surface area (Å²) < 4.78 is 11.2. The molecule has 152 valence electrons. The van der Waals surface area contributed by atoms with Crippen molar-refractivity contribution in [2.75, 3.05) is 20.4 Å². The number of urea groups is 1. The third-order valence-corrected chi connectivity index (χ3v) is 5.57. The summed E-state index contributed by atoms with van der Waals surface area (Å²) in [6.07, 6.45) is 1.70. The number of hydrogen-bond donors (Lipinski definition) is 2. The van der Waals surface area contributed by atoms with Crippen LogP contribution < -0.4 is 20.1 Å². The van der Waals surface area contributed by atoms with Gasteiger partial charge in [-0.2, -0.15) is 0 Å². The van der Waals surface area contributed by atoms with Crippen molar-refractivity contribution in [3.05, 3.63) is 65.9 Å². The summed E-state index contributed by atoms with van der Waals surface area (Å²) >= 11 is 0. The van der Waals surface area contributed by atoms with Crippen LogP contribution in [0.5, 0.6) is 11.5 Å². The first kappa shape index (κ1) is 18.4. The first-order valence-electron chi connectivity index (χ1n) is 9.58. The number of fused-ring (bicyclic) bond motifs is 2. The zero-order chi connectivity index (χ0) is 20.7. The van der Waals surface area contributed by atoms with Gasteiger partial charge in [0.2, 0.25) is 0 Å². The van der Waals surface area contributed by atoms with Crippen molar-refractivity contribution in [1.82, 2.24) is 20.5 Å². The summed E-state index contributed by atoms with van der Waals surface area (Å²) in [4.78, 5) is 31.4. The Bertz CT molecular complexity index is 1160. The second-order valence-electron chi connectivity index (χ2n) is 7.46. The highest BCUT2D eigenvalue weighted by Crippen LogP contribution is 2.33. The number of carbonyl (C=O) groups is 2. The van der Waals surface area contributed by atoms with Crippen LogP contribution in [0.25, 0.3) is 10.9 Å². The number of amides is 3. The van der Waals surface area contributed by atoms with E-state index in [-0.39, 0.29) is 12.5 Å². The van der Waals surface area contributed by atoms with E-state index in [4.69, 9.17) is 9.47 Å². The topological polar surface area (TPSA) is 92.8 Å². The number of imide groups is 1. The van der Waals surface area contributed by atoms with Gasteiger partial charge in [-0.25, -0.2) is 4.79 Å². The van der Waals surface area contributed by atoms with E-state index in [1.165, 1.54) is 0 Å². The maximum atomic E-state index is 13.0. The average Bonchev–Trinajstić information content (AvgIpc) is 3.06. The first-order valence-corrected chi connectivity index (χ1v) is 9.58. The van der Waals surface area contributed by atoms with Gasteiger partial charge in [0, 0.05) is 30.2 Å². The molecule has 30 heavy (non-hydrogen) atoms. The first-order chi connectivity index (χ1) is 14.6. The van der Waals surface area contributed by atoms with Gasteiger partial charge in [0.05, 0.1) is 12.6 Å². The maximum absolute atomic E-state index is 13.0. The molecule has 1 fully saturated rings. The summed E-state index contributed by atoms with van der Waals surface area (Å²) in [5, 5.41) is 6.19. The van der Waals surface area contributed by atoms with Crippen LogP contribution in [-0.2, 0) is 16.9 Å². The van der Waals surface area contributed by atoms with Crippen LogP contribution in [0, 0.1) is 0 Å². The highest BCUT2D eigenvalue weighted by atomic mass is 16.5. The zero-order valence-electron chi connectivity index (χ0n) is 16.3. The van der Waals surface area contributed by atoms with Crippen molar-refractivity contribution in [3.8, 4) is 11.5 Å². The highest BCUT2D eigenvalue weighted by Gasteiger charge is 2.49. The number of ether oxygens (including phenoxy) is 2. The molecule has 5 rings (SSSR count). The molecule has 2 N–H and O–H groups in total. The molecule has 0 bridgehead atoms. The summed E-state index contributed by atoms with van der Waals surface area (Å²) in [5.74, 6) is 1.14. The minimum atomic E-state index is -1.23. The van der Waals surface area contributed by atoms with Gasteiger partial charge in [-0.3, -0.25) is 20.0 Å². The van der Waals surface area contributed by atoms with Crippen molar-refractivity contribution in [3.63, 3.8) is 0 Å². The Hall–Kier alpha value is -3.65.